The molecule has 0 radical (unpaired) electrons. The molecule has 1 heterocycles. The Kier molecular flexibility index (Phi) is 2.28. The molecule has 0 bridgehead atoms. The van der Waals surface area contributed by atoms with Crippen molar-refractivity contribution in [3.63, 3.8) is 0 Å². The summed E-state index contributed by atoms with van der Waals surface area (Å²) in [6.07, 6.45) is 0.423. The van der Waals surface area contributed by atoms with Crippen LogP contribution in [0.15, 0.2) is 0 Å². The first kappa shape index (κ1) is 7.97. The average molecular weight is 254 g/mol. The number of carbonyl (C=O) groups excluding carboxylic acids is 2. The van der Waals surface area contributed by atoms with Crippen molar-refractivity contribution in [2.45, 2.75) is 13.3 Å². The summed E-state index contributed by atoms with van der Waals surface area (Å²) >= 11 is -0.369. The molecule has 0 aromatic carbocycles. The zero-order valence-corrected chi connectivity index (χ0v) is 8.08. The molecule has 0 saturated carbocycles. The van der Waals surface area contributed by atoms with Crippen LogP contribution in [0.25, 0.3) is 0 Å². The molecule has 3 nitrogen and oxygen atoms in total. The molecule has 1 atom stereocenters. The first-order chi connectivity index (χ1) is 4.66. The van der Waals surface area contributed by atoms with Gasteiger partial charge in [0.1, 0.15) is 0 Å². The summed E-state index contributed by atoms with van der Waals surface area (Å²) in [7, 11) is 0. The fourth-order valence-corrected chi connectivity index (χ4v) is 2.61. The van der Waals surface area contributed by atoms with Gasteiger partial charge in [-0.05, 0) is 0 Å². The van der Waals surface area contributed by atoms with E-state index in [1.165, 1.54) is 3.11 Å². The summed E-state index contributed by atoms with van der Waals surface area (Å²) in [6.45, 7) is 1.81. The predicted molar refractivity (Wildman–Crippen MR) is 31.6 cm³/mol. The van der Waals surface area contributed by atoms with E-state index in [1.807, 2.05) is 4.93 Å². The van der Waals surface area contributed by atoms with Crippen molar-refractivity contribution in [3.05, 3.63) is 0 Å². The van der Waals surface area contributed by atoms with Crippen LogP contribution in [-0.2, 0) is 9.59 Å². The molecular formula is C6H9INO2-. The average Bonchev–Trinajstić information content (AvgIpc) is 2.09. The molecule has 0 aromatic rings. The van der Waals surface area contributed by atoms with Gasteiger partial charge in [-0.25, -0.2) is 0 Å². The standard InChI is InChI=1S/C6H9INO2/c1-4-3-5(9)8(7-2)6(4)10/h4H,3H2,1-2H3/q-1/t4-/m0/s1. The molecule has 2 amide bonds. The van der Waals surface area contributed by atoms with Crippen molar-refractivity contribution in [1.82, 2.24) is 3.11 Å². The van der Waals surface area contributed by atoms with Crippen LogP contribution in [0.5, 0.6) is 0 Å². The Bertz CT molecular complexity index is 181. The van der Waals surface area contributed by atoms with Gasteiger partial charge in [0.25, 0.3) is 0 Å². The predicted octanol–water partition coefficient (Wildman–Crippen LogP) is -2.98. The molecule has 0 aliphatic carbocycles. The van der Waals surface area contributed by atoms with Crippen LogP contribution in [0.2, 0.25) is 0 Å². The Labute approximate surface area is 70.4 Å². The zero-order chi connectivity index (χ0) is 7.72. The molecule has 0 N–H and O–H groups in total. The molecule has 0 aromatic heterocycles. The fraction of sp³-hybridized carbons (Fsp3) is 0.667. The molecule has 0 spiro atoms. The third-order valence-corrected chi connectivity index (χ3v) is 3.46. The summed E-state index contributed by atoms with van der Waals surface area (Å²) in [5, 5.41) is 0. The summed E-state index contributed by atoms with van der Waals surface area (Å²) in [6, 6.07) is 0. The third-order valence-electron chi connectivity index (χ3n) is 1.48. The number of hydrogen-bond donors (Lipinski definition) is 0. The Morgan fingerprint density at radius 3 is 2.40 bits per heavy atom. The van der Waals surface area contributed by atoms with Crippen LogP contribution >= 0.6 is 0 Å². The first-order valence-corrected chi connectivity index (χ1v) is 6.15. The Morgan fingerprint density at radius 2 is 2.20 bits per heavy atom. The Balaban J connectivity index is 2.74. The van der Waals surface area contributed by atoms with Crippen LogP contribution in [0.1, 0.15) is 13.3 Å². The van der Waals surface area contributed by atoms with Crippen molar-refractivity contribution in [1.29, 1.82) is 0 Å². The van der Waals surface area contributed by atoms with Gasteiger partial charge in [-0.1, -0.05) is 0 Å². The van der Waals surface area contributed by atoms with E-state index in [2.05, 4.69) is 0 Å². The summed E-state index contributed by atoms with van der Waals surface area (Å²) < 4.78 is 1.42. The van der Waals surface area contributed by atoms with Crippen molar-refractivity contribution < 1.29 is 31.1 Å². The second-order valence-electron chi connectivity index (χ2n) is 2.29. The van der Waals surface area contributed by atoms with Gasteiger partial charge in [-0.15, -0.1) is 0 Å². The van der Waals surface area contributed by atoms with Gasteiger partial charge in [-0.3, -0.25) is 0 Å². The number of rotatable bonds is 1. The fourth-order valence-electron chi connectivity index (χ4n) is 0.923. The number of amides is 2. The number of nitrogens with zero attached hydrogens (tertiary/aromatic N) is 1. The molecular weight excluding hydrogens is 245 g/mol. The van der Waals surface area contributed by atoms with Crippen LogP contribution in [-0.4, -0.2) is 19.9 Å². The molecule has 4 heteroatoms. The number of alkyl halides is 1. The Morgan fingerprint density at radius 1 is 1.60 bits per heavy atom. The van der Waals surface area contributed by atoms with E-state index in [0.717, 1.165) is 0 Å². The minimum atomic E-state index is -0.369. The molecule has 1 fully saturated rings. The van der Waals surface area contributed by atoms with Gasteiger partial charge >= 0.3 is 70.2 Å². The van der Waals surface area contributed by atoms with E-state index in [-0.39, 0.29) is 39.2 Å². The van der Waals surface area contributed by atoms with Crippen LogP contribution in [0.3, 0.4) is 0 Å². The molecule has 1 aliphatic heterocycles. The van der Waals surface area contributed by atoms with Crippen LogP contribution in [0, 0.1) is 5.92 Å². The molecule has 58 valence electrons. The zero-order valence-electron chi connectivity index (χ0n) is 5.93. The normalized spacial score (nSPS) is 26.6. The summed E-state index contributed by atoms with van der Waals surface area (Å²) in [4.78, 5) is 24.0. The third kappa shape index (κ3) is 1.16. The van der Waals surface area contributed by atoms with Crippen molar-refractivity contribution in [2.24, 2.45) is 5.92 Å². The quantitative estimate of drug-likeness (QED) is 0.217. The topological polar surface area (TPSA) is 37.4 Å². The van der Waals surface area contributed by atoms with E-state index >= 15 is 0 Å². The van der Waals surface area contributed by atoms with E-state index in [4.69, 9.17) is 0 Å². The monoisotopic (exact) mass is 254 g/mol. The molecule has 1 saturated heterocycles. The SMILES string of the molecule is C[I-]N1C(=O)C[C@H](C)C1=O. The number of halogens is 1. The van der Waals surface area contributed by atoms with Crippen molar-refractivity contribution >= 4 is 11.8 Å². The first-order valence-electron chi connectivity index (χ1n) is 3.03. The maximum atomic E-state index is 11.1. The van der Waals surface area contributed by atoms with Crippen LogP contribution in [0.4, 0.5) is 0 Å². The van der Waals surface area contributed by atoms with Crippen LogP contribution < -0.4 is 21.5 Å². The molecule has 0 unspecified atom stereocenters. The second kappa shape index (κ2) is 2.86. The van der Waals surface area contributed by atoms with E-state index in [1.54, 1.807) is 6.92 Å². The second-order valence-corrected chi connectivity index (χ2v) is 4.22. The van der Waals surface area contributed by atoms with Crippen molar-refractivity contribution in [2.75, 3.05) is 4.93 Å². The molecule has 1 rings (SSSR count). The van der Waals surface area contributed by atoms with Gasteiger partial charge < -0.3 is 0 Å². The van der Waals surface area contributed by atoms with E-state index in [9.17, 15) is 9.59 Å². The van der Waals surface area contributed by atoms with Gasteiger partial charge in [0.2, 0.25) is 0 Å². The van der Waals surface area contributed by atoms with Gasteiger partial charge in [0.05, 0.1) is 0 Å². The van der Waals surface area contributed by atoms with Gasteiger partial charge in [0.15, 0.2) is 0 Å². The number of carbonyl (C=O) groups is 2. The van der Waals surface area contributed by atoms with Gasteiger partial charge in [0, 0.05) is 0 Å². The summed E-state index contributed by atoms with van der Waals surface area (Å²) in [5.74, 6) is -0.0137. The molecule has 1 aliphatic rings. The van der Waals surface area contributed by atoms with Gasteiger partial charge in [-0.2, -0.15) is 0 Å². The maximum absolute atomic E-state index is 11.1. The Hall–Kier alpha value is -0.130. The minimum absolute atomic E-state index is 0.0211. The van der Waals surface area contributed by atoms with Crippen molar-refractivity contribution in [3.8, 4) is 0 Å². The number of hydrogen-bond acceptors (Lipinski definition) is 2. The van der Waals surface area contributed by atoms with E-state index in [0.29, 0.717) is 6.42 Å². The molecule has 10 heavy (non-hydrogen) atoms. The number of imide groups is 1. The summed E-state index contributed by atoms with van der Waals surface area (Å²) in [5.41, 5.74) is 0. The van der Waals surface area contributed by atoms with E-state index < -0.39 is 0 Å².